The number of hydrogen-bond donors (Lipinski definition) is 2. The van der Waals surface area contributed by atoms with E-state index in [1.807, 2.05) is 5.32 Å². The van der Waals surface area contributed by atoms with Gasteiger partial charge in [-0.15, -0.1) is 0 Å². The van der Waals surface area contributed by atoms with Crippen molar-refractivity contribution in [1.29, 1.82) is 0 Å². The SMILES string of the molecule is Cn1nc(-c2cccc3[nH]cnc23)c(C(F)(F)F)c1NC(=O)c1ccnc(C(F)(F)F)c1. The molecule has 4 aromatic rings. The van der Waals surface area contributed by atoms with E-state index in [2.05, 4.69) is 20.1 Å². The van der Waals surface area contributed by atoms with Gasteiger partial charge in [-0.1, -0.05) is 12.1 Å². The van der Waals surface area contributed by atoms with E-state index < -0.39 is 46.6 Å². The van der Waals surface area contributed by atoms with Gasteiger partial charge in [-0.05, 0) is 18.2 Å². The monoisotopic (exact) mass is 454 g/mol. The maximum atomic E-state index is 14.0. The van der Waals surface area contributed by atoms with Crippen LogP contribution in [0.1, 0.15) is 21.6 Å². The number of nitrogens with one attached hydrogen (secondary N) is 2. The van der Waals surface area contributed by atoms with Gasteiger partial charge in [-0.2, -0.15) is 31.4 Å². The van der Waals surface area contributed by atoms with Gasteiger partial charge in [0.25, 0.3) is 5.91 Å². The third kappa shape index (κ3) is 3.76. The van der Waals surface area contributed by atoms with Crippen LogP contribution in [-0.4, -0.2) is 30.6 Å². The minimum atomic E-state index is -4.94. The highest BCUT2D eigenvalue weighted by Crippen LogP contribution is 2.43. The lowest BCUT2D eigenvalue weighted by atomic mass is 10.1. The summed E-state index contributed by atoms with van der Waals surface area (Å²) < 4.78 is 81.5. The van der Waals surface area contributed by atoms with E-state index in [0.717, 1.165) is 16.9 Å². The van der Waals surface area contributed by atoms with Crippen LogP contribution in [0.25, 0.3) is 22.3 Å². The Kier molecular flexibility index (Phi) is 4.90. The number of alkyl halides is 6. The molecule has 0 radical (unpaired) electrons. The zero-order valence-electron chi connectivity index (χ0n) is 16.0. The fourth-order valence-electron chi connectivity index (χ4n) is 3.19. The molecule has 13 heteroatoms. The Balaban J connectivity index is 1.81. The Hall–Kier alpha value is -3.90. The zero-order valence-corrected chi connectivity index (χ0v) is 16.0. The van der Waals surface area contributed by atoms with Crippen molar-refractivity contribution < 1.29 is 31.1 Å². The highest BCUT2D eigenvalue weighted by molar-refractivity contribution is 6.05. The maximum Gasteiger partial charge on any atom is 0.433 e. The Bertz CT molecular complexity index is 1320. The number of halogens is 6. The molecule has 0 atom stereocenters. The van der Waals surface area contributed by atoms with Gasteiger partial charge < -0.3 is 10.3 Å². The quantitative estimate of drug-likeness (QED) is 0.441. The second kappa shape index (κ2) is 7.35. The molecule has 1 amide bonds. The van der Waals surface area contributed by atoms with Gasteiger partial charge in [0, 0.05) is 24.4 Å². The molecule has 1 aromatic carbocycles. The van der Waals surface area contributed by atoms with Crippen LogP contribution in [0.2, 0.25) is 0 Å². The number of benzene rings is 1. The summed E-state index contributed by atoms with van der Waals surface area (Å²) in [6.07, 6.45) is -7.71. The lowest BCUT2D eigenvalue weighted by Gasteiger charge is -2.13. The van der Waals surface area contributed by atoms with Gasteiger partial charge >= 0.3 is 12.4 Å². The molecule has 7 nitrogen and oxygen atoms in total. The number of H-pyrrole nitrogens is 1. The second-order valence-corrected chi connectivity index (χ2v) is 6.68. The summed E-state index contributed by atoms with van der Waals surface area (Å²) in [6.45, 7) is 0. The van der Waals surface area contributed by atoms with Gasteiger partial charge in [-0.25, -0.2) is 4.98 Å². The van der Waals surface area contributed by atoms with Gasteiger partial charge in [-0.3, -0.25) is 14.5 Å². The first kappa shape index (κ1) is 21.3. The fraction of sp³-hybridized carbons (Fsp3) is 0.158. The third-order valence-electron chi connectivity index (χ3n) is 4.58. The van der Waals surface area contributed by atoms with Crippen molar-refractivity contribution in [3.05, 3.63) is 59.7 Å². The Morgan fingerprint density at radius 3 is 2.50 bits per heavy atom. The lowest BCUT2D eigenvalue weighted by Crippen LogP contribution is -2.19. The number of aryl methyl sites for hydroxylation is 1. The molecule has 0 saturated heterocycles. The molecule has 166 valence electrons. The molecule has 0 aliphatic rings. The van der Waals surface area contributed by atoms with Gasteiger partial charge in [0.1, 0.15) is 22.8 Å². The van der Waals surface area contributed by atoms with Crippen molar-refractivity contribution in [2.45, 2.75) is 12.4 Å². The van der Waals surface area contributed by atoms with Crippen LogP contribution < -0.4 is 5.32 Å². The molecule has 4 rings (SSSR count). The summed E-state index contributed by atoms with van der Waals surface area (Å²) in [7, 11) is 1.17. The summed E-state index contributed by atoms with van der Waals surface area (Å²) in [6, 6.07) is 5.93. The number of anilines is 1. The van der Waals surface area contributed by atoms with Crippen molar-refractivity contribution in [2.75, 3.05) is 5.32 Å². The molecule has 32 heavy (non-hydrogen) atoms. The van der Waals surface area contributed by atoms with E-state index in [1.165, 1.54) is 25.5 Å². The highest BCUT2D eigenvalue weighted by Gasteiger charge is 2.41. The summed E-state index contributed by atoms with van der Waals surface area (Å²) in [5.41, 5.74) is -2.83. The smallest absolute Gasteiger partial charge is 0.345 e. The van der Waals surface area contributed by atoms with E-state index >= 15 is 0 Å². The number of pyridine rings is 1. The molecule has 0 spiro atoms. The van der Waals surface area contributed by atoms with Crippen LogP contribution >= 0.6 is 0 Å². The Morgan fingerprint density at radius 1 is 1.06 bits per heavy atom. The van der Waals surface area contributed by atoms with Crippen molar-refractivity contribution in [1.82, 2.24) is 24.7 Å². The first-order chi connectivity index (χ1) is 15.0. The average molecular weight is 454 g/mol. The number of nitrogens with zero attached hydrogens (tertiary/aromatic N) is 4. The van der Waals surface area contributed by atoms with Gasteiger partial charge in [0.2, 0.25) is 0 Å². The number of carbonyl (C=O) groups is 1. The van der Waals surface area contributed by atoms with Crippen molar-refractivity contribution >= 4 is 22.8 Å². The van der Waals surface area contributed by atoms with Crippen molar-refractivity contribution in [3.63, 3.8) is 0 Å². The molecule has 0 bridgehead atoms. The number of carbonyl (C=O) groups excluding carboxylic acids is 1. The third-order valence-corrected chi connectivity index (χ3v) is 4.58. The zero-order chi connectivity index (χ0) is 23.3. The molecule has 0 unspecified atom stereocenters. The fourth-order valence-corrected chi connectivity index (χ4v) is 3.19. The molecular formula is C19H12F6N6O. The maximum absolute atomic E-state index is 14.0. The average Bonchev–Trinajstić information content (AvgIpc) is 3.31. The number of amides is 1. The molecule has 0 fully saturated rings. The first-order valence-corrected chi connectivity index (χ1v) is 8.88. The summed E-state index contributed by atoms with van der Waals surface area (Å²) >= 11 is 0. The number of aromatic amines is 1. The summed E-state index contributed by atoms with van der Waals surface area (Å²) in [5, 5.41) is 5.95. The number of para-hydroxylation sites is 1. The van der Waals surface area contributed by atoms with Crippen molar-refractivity contribution in [3.8, 4) is 11.3 Å². The van der Waals surface area contributed by atoms with Gasteiger partial charge in [0.15, 0.2) is 0 Å². The molecule has 0 aliphatic carbocycles. The molecule has 2 N–H and O–H groups in total. The van der Waals surface area contributed by atoms with E-state index in [-0.39, 0.29) is 11.1 Å². The molecule has 0 aliphatic heterocycles. The number of aromatic nitrogens is 5. The molecular weight excluding hydrogens is 442 g/mol. The second-order valence-electron chi connectivity index (χ2n) is 6.68. The number of rotatable bonds is 3. The number of hydrogen-bond acceptors (Lipinski definition) is 4. The van der Waals surface area contributed by atoms with E-state index in [4.69, 9.17) is 0 Å². The number of imidazole rings is 1. The predicted octanol–water partition coefficient (Wildman–Crippen LogP) is 4.65. The lowest BCUT2D eigenvalue weighted by molar-refractivity contribution is -0.141. The van der Waals surface area contributed by atoms with E-state index in [1.54, 1.807) is 6.07 Å². The van der Waals surface area contributed by atoms with E-state index in [9.17, 15) is 31.1 Å². The summed E-state index contributed by atoms with van der Waals surface area (Å²) in [4.78, 5) is 22.5. The molecule has 3 aromatic heterocycles. The Morgan fingerprint density at radius 2 is 1.81 bits per heavy atom. The number of fused-ring (bicyclic) bond motifs is 1. The van der Waals surface area contributed by atoms with Crippen LogP contribution in [0.3, 0.4) is 0 Å². The van der Waals surface area contributed by atoms with Crippen LogP contribution in [0, 0.1) is 0 Å². The molecule has 3 heterocycles. The highest BCUT2D eigenvalue weighted by atomic mass is 19.4. The van der Waals surface area contributed by atoms with Crippen LogP contribution in [0.15, 0.2) is 42.9 Å². The standard InChI is InChI=1S/C19H12F6N6O/c1-31-16(29-17(32)9-5-6-26-12(7-9)18(20,21)22)13(19(23,24)25)15(30-31)10-3-2-4-11-14(10)28-8-27-11/h2-8H,1H3,(H,27,28)(H,29,32). The van der Waals surface area contributed by atoms with Crippen molar-refractivity contribution in [2.24, 2.45) is 7.05 Å². The van der Waals surface area contributed by atoms with Crippen LogP contribution in [0.5, 0.6) is 0 Å². The topological polar surface area (TPSA) is 88.5 Å². The van der Waals surface area contributed by atoms with Crippen LogP contribution in [-0.2, 0) is 19.4 Å². The first-order valence-electron chi connectivity index (χ1n) is 8.88. The largest absolute Gasteiger partial charge is 0.433 e. The molecule has 0 saturated carbocycles. The van der Waals surface area contributed by atoms with Crippen LogP contribution in [0.4, 0.5) is 32.2 Å². The Labute approximate surface area is 175 Å². The predicted molar refractivity (Wildman–Crippen MR) is 100 cm³/mol. The van der Waals surface area contributed by atoms with E-state index in [0.29, 0.717) is 11.6 Å². The summed E-state index contributed by atoms with van der Waals surface area (Å²) in [5.74, 6) is -1.91. The minimum Gasteiger partial charge on any atom is -0.345 e. The normalized spacial score (nSPS) is 12.3. The minimum absolute atomic E-state index is 0.0652. The van der Waals surface area contributed by atoms with Gasteiger partial charge in [0.05, 0.1) is 17.4 Å².